The number of sulfonamides is 1. The molecule has 1 saturated carbocycles. The number of hydroxylamine groups is 1. The molecular formula is C19H21FN2O4S. The van der Waals surface area contributed by atoms with Gasteiger partial charge in [-0.25, -0.2) is 12.8 Å². The van der Waals surface area contributed by atoms with Crippen LogP contribution in [0.15, 0.2) is 53.4 Å². The Balaban J connectivity index is 1.81. The number of benzene rings is 2. The molecule has 0 N–H and O–H groups in total. The monoisotopic (exact) mass is 392 g/mol. The molecule has 144 valence electrons. The van der Waals surface area contributed by atoms with Crippen molar-refractivity contribution in [3.8, 4) is 0 Å². The number of nitrogens with zero attached hydrogens (tertiary/aromatic N) is 2. The summed E-state index contributed by atoms with van der Waals surface area (Å²) in [6, 6.07) is 12.0. The molecule has 1 aliphatic rings. The van der Waals surface area contributed by atoms with E-state index in [1.54, 1.807) is 17.0 Å². The fourth-order valence-electron chi connectivity index (χ4n) is 2.77. The third kappa shape index (κ3) is 4.35. The van der Waals surface area contributed by atoms with Crippen molar-refractivity contribution in [2.75, 3.05) is 14.2 Å². The lowest BCUT2D eigenvalue weighted by atomic mass is 10.1. The van der Waals surface area contributed by atoms with Gasteiger partial charge in [0.1, 0.15) is 5.82 Å². The van der Waals surface area contributed by atoms with Crippen LogP contribution in [0.2, 0.25) is 0 Å². The van der Waals surface area contributed by atoms with E-state index in [1.165, 1.54) is 50.6 Å². The van der Waals surface area contributed by atoms with Crippen LogP contribution in [0.5, 0.6) is 0 Å². The van der Waals surface area contributed by atoms with E-state index in [9.17, 15) is 17.6 Å². The zero-order valence-corrected chi connectivity index (χ0v) is 15.9. The highest BCUT2D eigenvalue weighted by molar-refractivity contribution is 7.89. The Kier molecular flexibility index (Phi) is 5.59. The molecule has 2 aromatic rings. The third-order valence-corrected chi connectivity index (χ3v) is 6.18. The first-order chi connectivity index (χ1) is 12.8. The lowest BCUT2D eigenvalue weighted by molar-refractivity contribution is -0.0258. The van der Waals surface area contributed by atoms with E-state index in [2.05, 4.69) is 0 Å². The van der Waals surface area contributed by atoms with Gasteiger partial charge in [0.05, 0.1) is 12.0 Å². The fraction of sp³-hybridized carbons (Fsp3) is 0.316. The number of carbonyl (C=O) groups excluding carboxylic acids is 1. The van der Waals surface area contributed by atoms with Crippen LogP contribution in [0, 0.1) is 5.82 Å². The van der Waals surface area contributed by atoms with E-state index < -0.39 is 10.0 Å². The van der Waals surface area contributed by atoms with Crippen LogP contribution in [0.3, 0.4) is 0 Å². The van der Waals surface area contributed by atoms with Crippen LogP contribution in [-0.4, -0.2) is 43.9 Å². The Morgan fingerprint density at radius 3 is 2.41 bits per heavy atom. The van der Waals surface area contributed by atoms with Gasteiger partial charge in [-0.1, -0.05) is 16.6 Å². The van der Waals surface area contributed by atoms with Crippen molar-refractivity contribution in [3.05, 3.63) is 65.5 Å². The van der Waals surface area contributed by atoms with E-state index in [0.29, 0.717) is 12.1 Å². The molecule has 0 bridgehead atoms. The van der Waals surface area contributed by atoms with Crippen molar-refractivity contribution in [3.63, 3.8) is 0 Å². The standard InChI is InChI=1S/C19H21FN2O4S/c1-21(26-2)27(24,25)18-10-6-15(7-11-18)19(23)22(17-8-9-17)13-14-4-3-5-16(20)12-14/h3-7,10-12,17H,8-9,13H2,1-2H3. The Morgan fingerprint density at radius 2 is 1.85 bits per heavy atom. The maximum atomic E-state index is 13.4. The number of halogens is 1. The van der Waals surface area contributed by atoms with Crippen LogP contribution in [0.1, 0.15) is 28.8 Å². The molecule has 1 amide bonds. The molecule has 8 heteroatoms. The van der Waals surface area contributed by atoms with Gasteiger partial charge in [0.15, 0.2) is 0 Å². The minimum Gasteiger partial charge on any atom is -0.331 e. The van der Waals surface area contributed by atoms with E-state index in [1.807, 2.05) is 0 Å². The molecule has 0 radical (unpaired) electrons. The van der Waals surface area contributed by atoms with Gasteiger partial charge in [0, 0.05) is 25.2 Å². The molecule has 6 nitrogen and oxygen atoms in total. The number of hydrogen-bond donors (Lipinski definition) is 0. The predicted molar refractivity (Wildman–Crippen MR) is 97.7 cm³/mol. The molecule has 0 aromatic heterocycles. The van der Waals surface area contributed by atoms with Gasteiger partial charge >= 0.3 is 0 Å². The lowest BCUT2D eigenvalue weighted by Crippen LogP contribution is -2.32. The van der Waals surface area contributed by atoms with Crippen LogP contribution in [-0.2, 0) is 21.4 Å². The highest BCUT2D eigenvalue weighted by Gasteiger charge is 2.33. The van der Waals surface area contributed by atoms with Crippen LogP contribution < -0.4 is 0 Å². The average molecular weight is 392 g/mol. The molecule has 1 aliphatic carbocycles. The summed E-state index contributed by atoms with van der Waals surface area (Å²) in [6.07, 6.45) is 1.82. The summed E-state index contributed by atoms with van der Waals surface area (Å²) in [7, 11) is -1.21. The molecule has 1 fully saturated rings. The normalized spacial score (nSPS) is 14.4. The van der Waals surface area contributed by atoms with Gasteiger partial charge < -0.3 is 4.90 Å². The van der Waals surface area contributed by atoms with Crippen molar-refractivity contribution >= 4 is 15.9 Å². The van der Waals surface area contributed by atoms with Crippen molar-refractivity contribution in [2.45, 2.75) is 30.3 Å². The first kappa shape index (κ1) is 19.5. The van der Waals surface area contributed by atoms with Crippen LogP contribution in [0.25, 0.3) is 0 Å². The summed E-state index contributed by atoms with van der Waals surface area (Å²) < 4.78 is 38.7. The summed E-state index contributed by atoms with van der Waals surface area (Å²) in [5.74, 6) is -0.543. The van der Waals surface area contributed by atoms with Gasteiger partial charge in [-0.2, -0.15) is 0 Å². The number of carbonyl (C=O) groups is 1. The molecule has 0 spiro atoms. The zero-order chi connectivity index (χ0) is 19.6. The molecule has 0 saturated heterocycles. The Bertz CT molecular complexity index is 927. The van der Waals surface area contributed by atoms with Gasteiger partial charge in [0.25, 0.3) is 15.9 Å². The average Bonchev–Trinajstić information content (AvgIpc) is 3.50. The second-order valence-electron chi connectivity index (χ2n) is 6.42. The largest absolute Gasteiger partial charge is 0.331 e. The van der Waals surface area contributed by atoms with E-state index >= 15 is 0 Å². The van der Waals surface area contributed by atoms with Gasteiger partial charge in [-0.15, -0.1) is 0 Å². The maximum Gasteiger partial charge on any atom is 0.264 e. The number of amides is 1. The minimum atomic E-state index is -3.76. The van der Waals surface area contributed by atoms with Gasteiger partial charge in [-0.3, -0.25) is 9.63 Å². The minimum absolute atomic E-state index is 0.0338. The first-order valence-corrected chi connectivity index (χ1v) is 9.95. The number of hydrogen-bond acceptors (Lipinski definition) is 4. The van der Waals surface area contributed by atoms with E-state index in [-0.39, 0.29) is 22.7 Å². The summed E-state index contributed by atoms with van der Waals surface area (Å²) in [4.78, 5) is 19.4. The van der Waals surface area contributed by atoms with Crippen LogP contribution in [0.4, 0.5) is 4.39 Å². The quantitative estimate of drug-likeness (QED) is 0.680. The van der Waals surface area contributed by atoms with Crippen molar-refractivity contribution in [1.29, 1.82) is 0 Å². The molecule has 2 aromatic carbocycles. The molecule has 0 unspecified atom stereocenters. The van der Waals surface area contributed by atoms with Gasteiger partial charge in [-0.05, 0) is 54.8 Å². The van der Waals surface area contributed by atoms with Crippen molar-refractivity contribution in [2.24, 2.45) is 0 Å². The van der Waals surface area contributed by atoms with Gasteiger partial charge in [0.2, 0.25) is 0 Å². The molecule has 0 atom stereocenters. The second-order valence-corrected chi connectivity index (χ2v) is 8.35. The van der Waals surface area contributed by atoms with E-state index in [0.717, 1.165) is 22.9 Å². The summed E-state index contributed by atoms with van der Waals surface area (Å²) in [6.45, 7) is 0.313. The highest BCUT2D eigenvalue weighted by atomic mass is 32.2. The molecule has 3 rings (SSSR count). The fourth-order valence-corrected chi connectivity index (χ4v) is 3.74. The third-order valence-electron chi connectivity index (χ3n) is 4.49. The topological polar surface area (TPSA) is 66.9 Å². The summed E-state index contributed by atoms with van der Waals surface area (Å²) in [5, 5.41) is 0. The number of rotatable bonds is 7. The Morgan fingerprint density at radius 1 is 1.19 bits per heavy atom. The SMILES string of the molecule is CON(C)S(=O)(=O)c1ccc(C(=O)N(Cc2cccc(F)c2)C2CC2)cc1. The second kappa shape index (κ2) is 7.75. The highest BCUT2D eigenvalue weighted by Crippen LogP contribution is 2.30. The lowest BCUT2D eigenvalue weighted by Gasteiger charge is -2.23. The van der Waals surface area contributed by atoms with Crippen molar-refractivity contribution < 1.29 is 22.4 Å². The summed E-state index contributed by atoms with van der Waals surface area (Å²) >= 11 is 0. The molecule has 0 heterocycles. The molecular weight excluding hydrogens is 371 g/mol. The Labute approximate surface area is 158 Å². The zero-order valence-electron chi connectivity index (χ0n) is 15.1. The Hall–Kier alpha value is -2.29. The summed E-state index contributed by atoms with van der Waals surface area (Å²) in [5.41, 5.74) is 1.11. The smallest absolute Gasteiger partial charge is 0.264 e. The molecule has 0 aliphatic heterocycles. The maximum absolute atomic E-state index is 13.4. The van der Waals surface area contributed by atoms with Crippen LogP contribution >= 0.6 is 0 Å². The predicted octanol–water partition coefficient (Wildman–Crippen LogP) is 2.81. The van der Waals surface area contributed by atoms with Crippen molar-refractivity contribution in [1.82, 2.24) is 9.37 Å². The molecule has 27 heavy (non-hydrogen) atoms. The van der Waals surface area contributed by atoms with E-state index in [4.69, 9.17) is 4.84 Å². The first-order valence-electron chi connectivity index (χ1n) is 8.51.